The molecule has 0 aliphatic rings. The monoisotopic (exact) mass is 365 g/mol. The molecule has 0 unspecified atom stereocenters. The van der Waals surface area contributed by atoms with Crippen LogP contribution in [0.25, 0.3) is 0 Å². The number of carbonyl (C=O) groups excluding carboxylic acids is 1. The molecule has 0 aliphatic carbocycles. The molecule has 25 heavy (non-hydrogen) atoms. The van der Waals surface area contributed by atoms with Gasteiger partial charge in [0.2, 0.25) is 5.91 Å². The smallest absolute Gasteiger partial charge is 0.225 e. The molecule has 136 valence electrons. The quantitative estimate of drug-likeness (QED) is 0.776. The van der Waals surface area contributed by atoms with Crippen LogP contribution in [0.2, 0.25) is 0 Å². The van der Waals surface area contributed by atoms with Gasteiger partial charge in [0.15, 0.2) is 9.84 Å². The van der Waals surface area contributed by atoms with Gasteiger partial charge in [-0.2, -0.15) is 5.10 Å². The Kier molecular flexibility index (Phi) is 6.19. The number of benzene rings is 1. The fourth-order valence-corrected chi connectivity index (χ4v) is 3.73. The first kappa shape index (κ1) is 19.0. The van der Waals surface area contributed by atoms with Crippen molar-refractivity contribution in [1.29, 1.82) is 0 Å². The van der Waals surface area contributed by atoms with Crippen molar-refractivity contribution in [3.05, 3.63) is 36.0 Å². The number of nitrogens with one attached hydrogen (secondary N) is 1. The molecule has 0 bridgehead atoms. The maximum atomic E-state index is 12.3. The summed E-state index contributed by atoms with van der Waals surface area (Å²) in [6.45, 7) is 4.43. The summed E-state index contributed by atoms with van der Waals surface area (Å²) >= 11 is 0. The van der Waals surface area contributed by atoms with Gasteiger partial charge in [-0.15, -0.1) is 0 Å². The van der Waals surface area contributed by atoms with Gasteiger partial charge < -0.3 is 10.1 Å². The van der Waals surface area contributed by atoms with Crippen molar-refractivity contribution in [3.63, 3.8) is 0 Å². The van der Waals surface area contributed by atoms with E-state index in [0.717, 1.165) is 5.69 Å². The number of aryl methyl sites for hydroxylation is 2. The summed E-state index contributed by atoms with van der Waals surface area (Å²) in [4.78, 5) is 12.3. The van der Waals surface area contributed by atoms with Gasteiger partial charge >= 0.3 is 0 Å². The van der Waals surface area contributed by atoms with Crippen LogP contribution in [0.4, 0.5) is 5.82 Å². The molecule has 1 heterocycles. The highest BCUT2D eigenvalue weighted by Crippen LogP contribution is 2.18. The molecule has 1 N–H and O–H groups in total. The summed E-state index contributed by atoms with van der Waals surface area (Å²) < 4.78 is 31.3. The van der Waals surface area contributed by atoms with Crippen LogP contribution in [0.15, 0.2) is 35.2 Å². The van der Waals surface area contributed by atoms with Gasteiger partial charge in [0.1, 0.15) is 11.6 Å². The number of rotatable bonds is 8. The maximum Gasteiger partial charge on any atom is 0.225 e. The average molecular weight is 365 g/mol. The molecule has 0 aliphatic heterocycles. The third-order valence-corrected chi connectivity index (χ3v) is 5.52. The fourth-order valence-electron chi connectivity index (χ4n) is 2.42. The van der Waals surface area contributed by atoms with Crippen LogP contribution in [0.5, 0.6) is 5.75 Å². The van der Waals surface area contributed by atoms with Gasteiger partial charge in [-0.3, -0.25) is 4.79 Å². The second-order valence-electron chi connectivity index (χ2n) is 5.63. The van der Waals surface area contributed by atoms with Crippen molar-refractivity contribution in [2.45, 2.75) is 38.1 Å². The van der Waals surface area contributed by atoms with Crippen LogP contribution in [0.1, 0.15) is 25.5 Å². The Morgan fingerprint density at radius 1 is 1.28 bits per heavy atom. The molecule has 7 nitrogen and oxygen atoms in total. The van der Waals surface area contributed by atoms with E-state index in [1.165, 1.54) is 19.2 Å². The standard InChI is InChI=1S/C17H23N3O4S/c1-4-20-16(12-13(2)19-20)18-17(21)6-5-11-25(22,23)15-9-7-14(24-3)8-10-15/h7-10,12H,4-6,11H2,1-3H3,(H,18,21). The zero-order valence-electron chi connectivity index (χ0n) is 14.7. The molecule has 0 saturated carbocycles. The first-order chi connectivity index (χ1) is 11.9. The highest BCUT2D eigenvalue weighted by molar-refractivity contribution is 7.91. The lowest BCUT2D eigenvalue weighted by Gasteiger charge is -2.08. The third-order valence-electron chi connectivity index (χ3n) is 3.70. The molecule has 1 aromatic heterocycles. The normalized spacial score (nSPS) is 11.3. The number of anilines is 1. The van der Waals surface area contributed by atoms with E-state index >= 15 is 0 Å². The maximum absolute atomic E-state index is 12.3. The highest BCUT2D eigenvalue weighted by atomic mass is 32.2. The Balaban J connectivity index is 1.89. The lowest BCUT2D eigenvalue weighted by Crippen LogP contribution is -2.16. The number of aromatic nitrogens is 2. The van der Waals surface area contributed by atoms with Crippen molar-refractivity contribution in [3.8, 4) is 5.75 Å². The van der Waals surface area contributed by atoms with Gasteiger partial charge in [-0.25, -0.2) is 13.1 Å². The zero-order valence-corrected chi connectivity index (χ0v) is 15.5. The van der Waals surface area contributed by atoms with E-state index in [1.807, 2.05) is 13.8 Å². The van der Waals surface area contributed by atoms with E-state index < -0.39 is 9.84 Å². The van der Waals surface area contributed by atoms with Crippen molar-refractivity contribution >= 4 is 21.6 Å². The van der Waals surface area contributed by atoms with Crippen LogP contribution >= 0.6 is 0 Å². The van der Waals surface area contributed by atoms with E-state index in [9.17, 15) is 13.2 Å². The average Bonchev–Trinajstić information content (AvgIpc) is 2.94. The lowest BCUT2D eigenvalue weighted by atomic mass is 10.3. The number of nitrogens with zero attached hydrogens (tertiary/aromatic N) is 2. The van der Waals surface area contributed by atoms with E-state index in [0.29, 0.717) is 18.1 Å². The molecule has 8 heteroatoms. The number of methoxy groups -OCH3 is 1. The minimum Gasteiger partial charge on any atom is -0.497 e. The highest BCUT2D eigenvalue weighted by Gasteiger charge is 2.16. The van der Waals surface area contributed by atoms with Crippen LogP contribution < -0.4 is 10.1 Å². The Hall–Kier alpha value is -2.35. The van der Waals surface area contributed by atoms with Crippen molar-refractivity contribution in [2.24, 2.45) is 0 Å². The van der Waals surface area contributed by atoms with Gasteiger partial charge in [0.25, 0.3) is 0 Å². The Morgan fingerprint density at radius 2 is 1.96 bits per heavy atom. The third kappa shape index (κ3) is 5.06. The second kappa shape index (κ2) is 8.15. The number of ether oxygens (including phenoxy) is 1. The molecule has 0 saturated heterocycles. The summed E-state index contributed by atoms with van der Waals surface area (Å²) in [5, 5.41) is 7.02. The first-order valence-corrected chi connectivity index (χ1v) is 9.72. The molecule has 0 radical (unpaired) electrons. The Labute approximate surface area is 147 Å². The van der Waals surface area contributed by atoms with Crippen LogP contribution in [-0.4, -0.2) is 37.0 Å². The predicted molar refractivity (Wildman–Crippen MR) is 95.5 cm³/mol. The Morgan fingerprint density at radius 3 is 2.56 bits per heavy atom. The topological polar surface area (TPSA) is 90.3 Å². The number of hydrogen-bond donors (Lipinski definition) is 1. The molecule has 1 amide bonds. The molecular weight excluding hydrogens is 342 g/mol. The number of sulfone groups is 1. The second-order valence-corrected chi connectivity index (χ2v) is 7.74. The number of carbonyl (C=O) groups is 1. The molecule has 1 aromatic carbocycles. The number of hydrogen-bond acceptors (Lipinski definition) is 5. The van der Waals surface area contributed by atoms with Crippen molar-refractivity contribution in [1.82, 2.24) is 9.78 Å². The van der Waals surface area contributed by atoms with E-state index in [2.05, 4.69) is 10.4 Å². The van der Waals surface area contributed by atoms with Crippen LogP contribution in [0, 0.1) is 6.92 Å². The van der Waals surface area contributed by atoms with E-state index in [4.69, 9.17) is 4.74 Å². The fraction of sp³-hybridized carbons (Fsp3) is 0.412. The summed E-state index contributed by atoms with van der Waals surface area (Å²) in [5.41, 5.74) is 0.819. The lowest BCUT2D eigenvalue weighted by molar-refractivity contribution is -0.116. The predicted octanol–water partition coefficient (Wildman–Crippen LogP) is 2.41. The molecule has 0 fully saturated rings. The largest absolute Gasteiger partial charge is 0.497 e. The van der Waals surface area contributed by atoms with Crippen LogP contribution in [0.3, 0.4) is 0 Å². The van der Waals surface area contributed by atoms with Gasteiger partial charge in [0.05, 0.1) is 23.5 Å². The minimum absolute atomic E-state index is 0.0845. The molecule has 2 aromatic rings. The number of amides is 1. The molecule has 0 atom stereocenters. The van der Waals surface area contributed by atoms with Crippen molar-refractivity contribution in [2.75, 3.05) is 18.2 Å². The molecule has 0 spiro atoms. The van der Waals surface area contributed by atoms with Gasteiger partial charge in [-0.05, 0) is 44.5 Å². The summed E-state index contributed by atoms with van der Waals surface area (Å²) in [6, 6.07) is 8.02. The minimum atomic E-state index is -3.42. The van der Waals surface area contributed by atoms with Crippen LogP contribution in [-0.2, 0) is 21.2 Å². The first-order valence-electron chi connectivity index (χ1n) is 8.07. The SMILES string of the molecule is CCn1nc(C)cc1NC(=O)CCCS(=O)(=O)c1ccc(OC)cc1. The molecule has 2 rings (SSSR count). The van der Waals surface area contributed by atoms with Crippen molar-refractivity contribution < 1.29 is 17.9 Å². The van der Waals surface area contributed by atoms with Gasteiger partial charge in [-0.1, -0.05) is 0 Å². The summed E-state index contributed by atoms with van der Waals surface area (Å²) in [7, 11) is -1.89. The van der Waals surface area contributed by atoms with Gasteiger partial charge in [0, 0.05) is 19.0 Å². The molecular formula is C17H23N3O4S. The summed E-state index contributed by atoms with van der Waals surface area (Å²) in [6.07, 6.45) is 0.378. The zero-order chi connectivity index (χ0) is 18.4. The summed E-state index contributed by atoms with van der Waals surface area (Å²) in [5.74, 6) is 0.919. The Bertz CT molecular complexity index is 826. The van der Waals surface area contributed by atoms with E-state index in [-0.39, 0.29) is 29.4 Å². The van der Waals surface area contributed by atoms with E-state index in [1.54, 1.807) is 22.9 Å².